The van der Waals surface area contributed by atoms with Gasteiger partial charge >= 0.3 is 6.18 Å². The topological polar surface area (TPSA) is 31.0 Å². The first-order valence-electron chi connectivity index (χ1n) is 5.92. The zero-order chi connectivity index (χ0) is 15.0. The van der Waals surface area contributed by atoms with E-state index in [1.165, 1.54) is 24.5 Å². The molecule has 0 saturated heterocycles. The van der Waals surface area contributed by atoms with Crippen LogP contribution in [0.3, 0.4) is 0 Å². The highest BCUT2D eigenvalue weighted by Gasteiger charge is 2.35. The quantitative estimate of drug-likeness (QED) is 0.660. The third-order valence-electron chi connectivity index (χ3n) is 2.84. The molecule has 21 heavy (non-hydrogen) atoms. The van der Waals surface area contributed by atoms with Crippen molar-refractivity contribution in [2.45, 2.75) is 6.18 Å². The molecule has 3 aromatic rings. The Morgan fingerprint density at radius 2 is 1.76 bits per heavy atom. The Bertz CT molecular complexity index is 742. The van der Waals surface area contributed by atoms with Crippen LogP contribution in [0.4, 0.5) is 17.6 Å². The van der Waals surface area contributed by atoms with Crippen molar-refractivity contribution < 1.29 is 22.0 Å². The molecule has 2 heterocycles. The molecule has 0 saturated carbocycles. The summed E-state index contributed by atoms with van der Waals surface area (Å²) in [4.78, 5) is 0. The summed E-state index contributed by atoms with van der Waals surface area (Å²) < 4.78 is 57.7. The molecule has 0 spiro atoms. The van der Waals surface area contributed by atoms with Crippen LogP contribution in [0.15, 0.2) is 53.1 Å². The molecule has 2 aromatic heterocycles. The SMILES string of the molecule is Fc1ccc(-n2nc(C(F)(F)F)cc2-c2ccco2)cc1. The van der Waals surface area contributed by atoms with E-state index in [2.05, 4.69) is 5.10 Å². The predicted molar refractivity (Wildman–Crippen MR) is 66.2 cm³/mol. The highest BCUT2D eigenvalue weighted by atomic mass is 19.4. The third kappa shape index (κ3) is 2.54. The number of alkyl halides is 3. The molecule has 0 bridgehead atoms. The summed E-state index contributed by atoms with van der Waals surface area (Å²) in [6.45, 7) is 0. The standard InChI is InChI=1S/C14H8F4N2O/c15-9-3-5-10(6-4-9)20-11(12-2-1-7-21-12)8-13(19-20)14(16,17)18/h1-8H. The maximum atomic E-state index is 12.9. The van der Waals surface area contributed by atoms with Gasteiger partial charge in [-0.15, -0.1) is 0 Å². The molecular weight excluding hydrogens is 288 g/mol. The van der Waals surface area contributed by atoms with Gasteiger partial charge in [-0.3, -0.25) is 0 Å². The second kappa shape index (κ2) is 4.76. The Morgan fingerprint density at radius 1 is 1.05 bits per heavy atom. The average molecular weight is 296 g/mol. The van der Waals surface area contributed by atoms with E-state index in [1.54, 1.807) is 6.07 Å². The molecule has 0 fully saturated rings. The zero-order valence-corrected chi connectivity index (χ0v) is 10.4. The first-order chi connectivity index (χ1) is 9.95. The van der Waals surface area contributed by atoms with Crippen LogP contribution < -0.4 is 0 Å². The second-order valence-corrected chi connectivity index (χ2v) is 4.28. The summed E-state index contributed by atoms with van der Waals surface area (Å²) in [6.07, 6.45) is -3.22. The number of halogens is 4. The maximum Gasteiger partial charge on any atom is 0.435 e. The van der Waals surface area contributed by atoms with Gasteiger partial charge in [-0.2, -0.15) is 18.3 Å². The van der Waals surface area contributed by atoms with Gasteiger partial charge in [0.05, 0.1) is 12.0 Å². The van der Waals surface area contributed by atoms with Crippen molar-refractivity contribution in [3.05, 3.63) is 60.2 Å². The number of furan rings is 1. The van der Waals surface area contributed by atoms with E-state index in [9.17, 15) is 17.6 Å². The van der Waals surface area contributed by atoms with Crippen molar-refractivity contribution in [1.82, 2.24) is 9.78 Å². The lowest BCUT2D eigenvalue weighted by Gasteiger charge is -2.05. The number of benzene rings is 1. The van der Waals surface area contributed by atoms with E-state index in [4.69, 9.17) is 4.42 Å². The Hall–Kier alpha value is -2.57. The van der Waals surface area contributed by atoms with Gasteiger partial charge in [0.2, 0.25) is 0 Å². The van der Waals surface area contributed by atoms with Crippen LogP contribution in [-0.2, 0) is 6.18 Å². The monoisotopic (exact) mass is 296 g/mol. The van der Waals surface area contributed by atoms with Crippen LogP contribution in [0.25, 0.3) is 17.1 Å². The smallest absolute Gasteiger partial charge is 0.435 e. The molecular formula is C14H8F4N2O. The Kier molecular flexibility index (Phi) is 3.04. The van der Waals surface area contributed by atoms with Gasteiger partial charge in [-0.1, -0.05) is 0 Å². The summed E-state index contributed by atoms with van der Waals surface area (Å²) in [5.41, 5.74) is -0.601. The van der Waals surface area contributed by atoms with Crippen molar-refractivity contribution in [2.75, 3.05) is 0 Å². The van der Waals surface area contributed by atoms with E-state index in [-0.39, 0.29) is 11.5 Å². The van der Waals surface area contributed by atoms with Crippen LogP contribution in [0.1, 0.15) is 5.69 Å². The van der Waals surface area contributed by atoms with E-state index in [0.29, 0.717) is 5.69 Å². The highest BCUT2D eigenvalue weighted by Crippen LogP contribution is 2.33. The molecule has 0 aliphatic rings. The van der Waals surface area contributed by atoms with Crippen LogP contribution in [0.2, 0.25) is 0 Å². The fourth-order valence-corrected chi connectivity index (χ4v) is 1.90. The minimum absolute atomic E-state index is 0.138. The summed E-state index contributed by atoms with van der Waals surface area (Å²) >= 11 is 0. The van der Waals surface area contributed by atoms with Gasteiger partial charge in [-0.25, -0.2) is 9.07 Å². The molecule has 0 radical (unpaired) electrons. The minimum Gasteiger partial charge on any atom is -0.463 e. The van der Waals surface area contributed by atoms with Crippen molar-refractivity contribution >= 4 is 0 Å². The number of nitrogens with zero attached hydrogens (tertiary/aromatic N) is 2. The minimum atomic E-state index is -4.58. The lowest BCUT2D eigenvalue weighted by molar-refractivity contribution is -0.141. The molecule has 0 aliphatic carbocycles. The van der Waals surface area contributed by atoms with Gasteiger partial charge in [-0.05, 0) is 36.4 Å². The largest absolute Gasteiger partial charge is 0.463 e. The number of hydrogen-bond donors (Lipinski definition) is 0. The van der Waals surface area contributed by atoms with Crippen LogP contribution in [0.5, 0.6) is 0 Å². The van der Waals surface area contributed by atoms with Crippen molar-refractivity contribution in [3.8, 4) is 17.1 Å². The third-order valence-corrected chi connectivity index (χ3v) is 2.84. The number of rotatable bonds is 2. The molecule has 0 N–H and O–H groups in total. The zero-order valence-electron chi connectivity index (χ0n) is 10.4. The lowest BCUT2D eigenvalue weighted by Crippen LogP contribution is -2.07. The highest BCUT2D eigenvalue weighted by molar-refractivity contribution is 5.57. The van der Waals surface area contributed by atoms with E-state index in [0.717, 1.165) is 22.9 Å². The summed E-state index contributed by atoms with van der Waals surface area (Å²) in [6, 6.07) is 8.96. The molecule has 0 amide bonds. The molecule has 0 unspecified atom stereocenters. The average Bonchev–Trinajstić information content (AvgIpc) is 3.07. The fourth-order valence-electron chi connectivity index (χ4n) is 1.90. The summed E-state index contributed by atoms with van der Waals surface area (Å²) in [7, 11) is 0. The summed E-state index contributed by atoms with van der Waals surface area (Å²) in [5, 5.41) is 3.55. The Balaban J connectivity index is 2.18. The lowest BCUT2D eigenvalue weighted by atomic mass is 10.2. The van der Waals surface area contributed by atoms with E-state index in [1.807, 2.05) is 0 Å². The normalized spacial score (nSPS) is 11.8. The van der Waals surface area contributed by atoms with Gasteiger partial charge in [0.1, 0.15) is 11.5 Å². The van der Waals surface area contributed by atoms with Gasteiger partial charge in [0, 0.05) is 6.07 Å². The van der Waals surface area contributed by atoms with Crippen LogP contribution >= 0.6 is 0 Å². The maximum absolute atomic E-state index is 12.9. The molecule has 0 atom stereocenters. The molecule has 1 aromatic carbocycles. The Morgan fingerprint density at radius 3 is 2.33 bits per heavy atom. The molecule has 108 valence electrons. The molecule has 3 rings (SSSR count). The van der Waals surface area contributed by atoms with Crippen LogP contribution in [0, 0.1) is 5.82 Å². The molecule has 7 heteroatoms. The fraction of sp³-hybridized carbons (Fsp3) is 0.0714. The van der Waals surface area contributed by atoms with Gasteiger partial charge < -0.3 is 4.42 Å². The predicted octanol–water partition coefficient (Wildman–Crippen LogP) is 4.29. The Labute approximate surface area is 116 Å². The van der Waals surface area contributed by atoms with Crippen molar-refractivity contribution in [2.24, 2.45) is 0 Å². The first kappa shape index (κ1) is 13.4. The molecule has 0 aliphatic heterocycles. The number of aromatic nitrogens is 2. The molecule has 3 nitrogen and oxygen atoms in total. The van der Waals surface area contributed by atoms with E-state index < -0.39 is 17.7 Å². The van der Waals surface area contributed by atoms with E-state index >= 15 is 0 Å². The second-order valence-electron chi connectivity index (χ2n) is 4.28. The van der Waals surface area contributed by atoms with Gasteiger partial charge in [0.15, 0.2) is 11.5 Å². The van der Waals surface area contributed by atoms with Crippen molar-refractivity contribution in [3.63, 3.8) is 0 Å². The first-order valence-corrected chi connectivity index (χ1v) is 5.92. The summed E-state index contributed by atoms with van der Waals surface area (Å²) in [5.74, 6) is -0.246. The van der Waals surface area contributed by atoms with Gasteiger partial charge in [0.25, 0.3) is 0 Å². The number of hydrogen-bond acceptors (Lipinski definition) is 2. The van der Waals surface area contributed by atoms with Crippen LogP contribution in [-0.4, -0.2) is 9.78 Å². The van der Waals surface area contributed by atoms with Crippen molar-refractivity contribution in [1.29, 1.82) is 0 Å².